The molecule has 0 fully saturated rings. The molecule has 0 saturated carbocycles. The first-order valence-electron chi connectivity index (χ1n) is 6.36. The fraction of sp³-hybridized carbons (Fsp3) is 0.133. The predicted molar refractivity (Wildman–Crippen MR) is 82.0 cm³/mol. The maximum atomic E-state index is 14.0. The highest BCUT2D eigenvalue weighted by Crippen LogP contribution is 2.31. The Morgan fingerprint density at radius 2 is 1.90 bits per heavy atom. The van der Waals surface area contributed by atoms with Crippen molar-refractivity contribution in [2.24, 2.45) is 0 Å². The molecule has 0 aliphatic rings. The van der Waals surface area contributed by atoms with Crippen LogP contribution in [0.5, 0.6) is 0 Å². The van der Waals surface area contributed by atoms with E-state index in [4.69, 9.17) is 5.73 Å². The summed E-state index contributed by atoms with van der Waals surface area (Å²) in [6.07, 6.45) is 0. The van der Waals surface area contributed by atoms with Crippen molar-refractivity contribution in [1.82, 2.24) is 9.55 Å². The van der Waals surface area contributed by atoms with Gasteiger partial charge in [-0.1, -0.05) is 18.2 Å². The molecule has 0 spiro atoms. The molecule has 6 heteroatoms. The number of nitrogens with two attached hydrogens (primary N) is 1. The highest BCUT2D eigenvalue weighted by atomic mass is 79.9. The number of nitrogens with zero attached hydrogens (tertiary/aromatic N) is 2. The van der Waals surface area contributed by atoms with E-state index in [1.54, 1.807) is 35.8 Å². The summed E-state index contributed by atoms with van der Waals surface area (Å²) in [5.74, 6) is -0.522. The third kappa shape index (κ3) is 2.29. The van der Waals surface area contributed by atoms with Crippen LogP contribution in [0.2, 0.25) is 0 Å². The molecule has 0 bridgehead atoms. The zero-order chi connectivity index (χ0) is 15.1. The van der Waals surface area contributed by atoms with Gasteiger partial charge < -0.3 is 10.3 Å². The number of aromatic nitrogens is 2. The molecule has 1 heterocycles. The van der Waals surface area contributed by atoms with Gasteiger partial charge in [0.25, 0.3) is 0 Å². The van der Waals surface area contributed by atoms with E-state index in [1.807, 2.05) is 0 Å². The molecule has 0 amide bonds. The van der Waals surface area contributed by atoms with Crippen molar-refractivity contribution >= 4 is 32.9 Å². The van der Waals surface area contributed by atoms with Crippen LogP contribution in [0, 0.1) is 11.6 Å². The molecule has 2 aromatic carbocycles. The van der Waals surface area contributed by atoms with E-state index in [0.717, 1.165) is 0 Å². The second-order valence-corrected chi connectivity index (χ2v) is 5.65. The molecule has 108 valence electrons. The van der Waals surface area contributed by atoms with Crippen LogP contribution in [0.25, 0.3) is 11.0 Å². The van der Waals surface area contributed by atoms with Crippen LogP contribution in [0.4, 0.5) is 14.7 Å². The molecule has 3 aromatic rings. The Hall–Kier alpha value is -1.95. The summed E-state index contributed by atoms with van der Waals surface area (Å²) < 4.78 is 29.7. The highest BCUT2D eigenvalue weighted by Gasteiger charge is 2.19. The zero-order valence-electron chi connectivity index (χ0n) is 11.1. The SMILES string of the molecule is CC(c1ccccc1F)n1c(N)nc2cc(Br)c(F)cc21. The van der Waals surface area contributed by atoms with E-state index in [1.165, 1.54) is 12.1 Å². The first-order valence-corrected chi connectivity index (χ1v) is 7.15. The van der Waals surface area contributed by atoms with Crippen molar-refractivity contribution in [3.8, 4) is 0 Å². The normalized spacial score (nSPS) is 12.8. The van der Waals surface area contributed by atoms with Crippen LogP contribution >= 0.6 is 15.9 Å². The standard InChI is InChI=1S/C15H12BrF2N3/c1-8(9-4-2-3-5-11(9)17)21-14-7-12(18)10(16)6-13(14)20-15(21)19/h2-8H,1H3,(H2,19,20). The average Bonchev–Trinajstić information content (AvgIpc) is 2.74. The van der Waals surface area contributed by atoms with Gasteiger partial charge in [-0.25, -0.2) is 13.8 Å². The van der Waals surface area contributed by atoms with E-state index in [0.29, 0.717) is 21.1 Å². The molecule has 1 aromatic heterocycles. The summed E-state index contributed by atoms with van der Waals surface area (Å²) in [7, 11) is 0. The predicted octanol–water partition coefficient (Wildman–Crippen LogP) is 4.27. The number of fused-ring (bicyclic) bond motifs is 1. The number of halogens is 3. The molecule has 1 atom stereocenters. The lowest BCUT2D eigenvalue weighted by Gasteiger charge is -2.17. The van der Waals surface area contributed by atoms with Crippen molar-refractivity contribution < 1.29 is 8.78 Å². The number of hydrogen-bond acceptors (Lipinski definition) is 2. The van der Waals surface area contributed by atoms with E-state index < -0.39 is 11.9 Å². The van der Waals surface area contributed by atoms with Gasteiger partial charge in [0.1, 0.15) is 11.6 Å². The molecular weight excluding hydrogens is 340 g/mol. The second kappa shape index (κ2) is 5.11. The van der Waals surface area contributed by atoms with Crippen LogP contribution in [0.3, 0.4) is 0 Å². The van der Waals surface area contributed by atoms with Gasteiger partial charge in [0.2, 0.25) is 5.95 Å². The molecule has 2 N–H and O–H groups in total. The van der Waals surface area contributed by atoms with Crippen molar-refractivity contribution in [2.45, 2.75) is 13.0 Å². The lowest BCUT2D eigenvalue weighted by Crippen LogP contribution is -2.11. The lowest BCUT2D eigenvalue weighted by molar-refractivity contribution is 0.566. The highest BCUT2D eigenvalue weighted by molar-refractivity contribution is 9.10. The van der Waals surface area contributed by atoms with Crippen LogP contribution in [0.15, 0.2) is 40.9 Å². The maximum absolute atomic E-state index is 14.0. The zero-order valence-corrected chi connectivity index (χ0v) is 12.7. The summed E-state index contributed by atoms with van der Waals surface area (Å²) in [6, 6.07) is 8.96. The molecule has 3 nitrogen and oxygen atoms in total. The van der Waals surface area contributed by atoms with E-state index in [2.05, 4.69) is 20.9 Å². The Morgan fingerprint density at radius 1 is 1.19 bits per heavy atom. The number of anilines is 1. The van der Waals surface area contributed by atoms with E-state index >= 15 is 0 Å². The van der Waals surface area contributed by atoms with Crippen molar-refractivity contribution in [3.63, 3.8) is 0 Å². The largest absolute Gasteiger partial charge is 0.369 e. The minimum absolute atomic E-state index is 0.221. The minimum Gasteiger partial charge on any atom is -0.369 e. The second-order valence-electron chi connectivity index (χ2n) is 4.79. The summed E-state index contributed by atoms with van der Waals surface area (Å²) >= 11 is 3.12. The molecule has 3 rings (SSSR count). The van der Waals surface area contributed by atoms with Gasteiger partial charge in [-0.05, 0) is 35.0 Å². The molecule has 0 aliphatic heterocycles. The van der Waals surface area contributed by atoms with Crippen LogP contribution in [-0.2, 0) is 0 Å². The molecule has 0 radical (unpaired) electrons. The summed E-state index contributed by atoms with van der Waals surface area (Å²) in [5, 5.41) is 0. The number of nitrogen functional groups attached to an aromatic ring is 1. The number of hydrogen-bond donors (Lipinski definition) is 1. The Morgan fingerprint density at radius 3 is 2.62 bits per heavy atom. The monoisotopic (exact) mass is 351 g/mol. The average molecular weight is 352 g/mol. The molecule has 1 unspecified atom stereocenters. The Bertz CT molecular complexity index is 829. The molecule has 0 aliphatic carbocycles. The Labute approximate surface area is 128 Å². The van der Waals surface area contributed by atoms with Crippen molar-refractivity contribution in [1.29, 1.82) is 0 Å². The van der Waals surface area contributed by atoms with Crippen LogP contribution < -0.4 is 5.73 Å². The van der Waals surface area contributed by atoms with E-state index in [-0.39, 0.29) is 11.8 Å². The molecule has 21 heavy (non-hydrogen) atoms. The Kier molecular flexibility index (Phi) is 3.41. The third-order valence-corrected chi connectivity index (χ3v) is 4.11. The fourth-order valence-electron chi connectivity index (χ4n) is 2.47. The fourth-order valence-corrected chi connectivity index (χ4v) is 2.80. The van der Waals surface area contributed by atoms with Gasteiger partial charge >= 0.3 is 0 Å². The van der Waals surface area contributed by atoms with Gasteiger partial charge in [0, 0.05) is 11.6 Å². The number of benzene rings is 2. The van der Waals surface area contributed by atoms with Crippen LogP contribution in [-0.4, -0.2) is 9.55 Å². The van der Waals surface area contributed by atoms with E-state index in [9.17, 15) is 8.78 Å². The van der Waals surface area contributed by atoms with Crippen molar-refractivity contribution in [2.75, 3.05) is 5.73 Å². The smallest absolute Gasteiger partial charge is 0.201 e. The third-order valence-electron chi connectivity index (χ3n) is 3.50. The molecule has 0 saturated heterocycles. The van der Waals surface area contributed by atoms with Gasteiger partial charge in [-0.3, -0.25) is 0 Å². The summed E-state index contributed by atoms with van der Waals surface area (Å²) in [5.41, 5.74) is 7.50. The topological polar surface area (TPSA) is 43.8 Å². The molecular formula is C15H12BrF2N3. The minimum atomic E-state index is -0.413. The summed E-state index contributed by atoms with van der Waals surface area (Å²) in [6.45, 7) is 1.80. The van der Waals surface area contributed by atoms with Crippen LogP contribution in [0.1, 0.15) is 18.5 Å². The van der Waals surface area contributed by atoms with Gasteiger partial charge in [-0.2, -0.15) is 0 Å². The first kappa shape index (κ1) is 14.0. The number of imidazole rings is 1. The first-order chi connectivity index (χ1) is 9.99. The quantitative estimate of drug-likeness (QED) is 0.749. The maximum Gasteiger partial charge on any atom is 0.201 e. The van der Waals surface area contributed by atoms with Crippen molar-refractivity contribution in [3.05, 3.63) is 58.1 Å². The number of rotatable bonds is 2. The van der Waals surface area contributed by atoms with Gasteiger partial charge in [0.15, 0.2) is 0 Å². The lowest BCUT2D eigenvalue weighted by atomic mass is 10.1. The van der Waals surface area contributed by atoms with Gasteiger partial charge in [0.05, 0.1) is 21.5 Å². The Balaban J connectivity index is 2.22. The van der Waals surface area contributed by atoms with Gasteiger partial charge in [-0.15, -0.1) is 0 Å². The summed E-state index contributed by atoms with van der Waals surface area (Å²) in [4.78, 5) is 4.21.